The van der Waals surface area contributed by atoms with Gasteiger partial charge in [-0.25, -0.2) is 0 Å². The summed E-state index contributed by atoms with van der Waals surface area (Å²) >= 11 is 5.74. The van der Waals surface area contributed by atoms with Gasteiger partial charge in [0.25, 0.3) is 0 Å². The Morgan fingerprint density at radius 2 is 1.89 bits per heavy atom. The van der Waals surface area contributed by atoms with Crippen LogP contribution in [0.2, 0.25) is 0 Å². The van der Waals surface area contributed by atoms with E-state index in [-0.39, 0.29) is 0 Å². The fourth-order valence-electron chi connectivity index (χ4n) is 1.93. The maximum Gasteiger partial charge on any atom is 0.0399 e. The van der Waals surface area contributed by atoms with Crippen molar-refractivity contribution in [2.75, 3.05) is 37.5 Å². The summed E-state index contributed by atoms with van der Waals surface area (Å²) in [6, 6.07) is 8.65. The van der Waals surface area contributed by atoms with Crippen LogP contribution in [0.4, 0.5) is 5.69 Å². The minimum absolute atomic E-state index is 0.655. The van der Waals surface area contributed by atoms with Gasteiger partial charge in [-0.2, -0.15) is 0 Å². The van der Waals surface area contributed by atoms with Gasteiger partial charge in [-0.3, -0.25) is 0 Å². The molecule has 0 amide bonds. The molecule has 0 aliphatic rings. The van der Waals surface area contributed by atoms with Gasteiger partial charge >= 0.3 is 0 Å². The van der Waals surface area contributed by atoms with Crippen LogP contribution in [0.25, 0.3) is 0 Å². The first-order chi connectivity index (χ1) is 9.27. The molecular formula is C15H26ClN3. The van der Waals surface area contributed by atoms with Crippen molar-refractivity contribution in [1.82, 2.24) is 5.32 Å². The number of hydrogen-bond donors (Lipinski definition) is 2. The molecule has 3 N–H and O–H groups in total. The highest BCUT2D eigenvalue weighted by atomic mass is 35.5. The lowest BCUT2D eigenvalue weighted by Crippen LogP contribution is -2.19. The molecule has 0 bridgehead atoms. The van der Waals surface area contributed by atoms with E-state index in [2.05, 4.69) is 41.5 Å². The molecule has 0 aromatic heterocycles. The number of rotatable bonds is 10. The molecule has 0 aliphatic carbocycles. The Labute approximate surface area is 122 Å². The van der Waals surface area contributed by atoms with Crippen LogP contribution in [0.5, 0.6) is 0 Å². The van der Waals surface area contributed by atoms with Crippen molar-refractivity contribution in [3.63, 3.8) is 0 Å². The summed E-state index contributed by atoms with van der Waals surface area (Å²) in [6.45, 7) is 3.67. The summed E-state index contributed by atoms with van der Waals surface area (Å²) in [7, 11) is 2.06. The van der Waals surface area contributed by atoms with Gasteiger partial charge in [0.15, 0.2) is 0 Å². The Bertz CT molecular complexity index is 327. The van der Waals surface area contributed by atoms with Gasteiger partial charge in [0, 0.05) is 31.7 Å². The van der Waals surface area contributed by atoms with Crippen LogP contribution >= 0.6 is 11.6 Å². The lowest BCUT2D eigenvalue weighted by atomic mass is 10.2. The maximum atomic E-state index is 5.74. The van der Waals surface area contributed by atoms with E-state index in [4.69, 9.17) is 17.3 Å². The molecule has 108 valence electrons. The number of anilines is 1. The largest absolute Gasteiger partial charge is 0.373 e. The Balaban J connectivity index is 2.24. The van der Waals surface area contributed by atoms with E-state index < -0.39 is 0 Å². The zero-order valence-corrected chi connectivity index (χ0v) is 12.6. The zero-order valence-electron chi connectivity index (χ0n) is 11.9. The molecule has 0 aliphatic heterocycles. The van der Waals surface area contributed by atoms with Crippen molar-refractivity contribution < 1.29 is 0 Å². The zero-order chi connectivity index (χ0) is 13.9. The molecule has 0 saturated carbocycles. The average Bonchev–Trinajstić information content (AvgIpc) is 2.43. The van der Waals surface area contributed by atoms with Gasteiger partial charge in [-0.15, -0.1) is 11.6 Å². The van der Waals surface area contributed by atoms with Gasteiger partial charge in [0.1, 0.15) is 0 Å². The molecule has 0 fully saturated rings. The van der Waals surface area contributed by atoms with E-state index >= 15 is 0 Å². The van der Waals surface area contributed by atoms with E-state index in [1.165, 1.54) is 24.1 Å². The molecular weight excluding hydrogens is 258 g/mol. The Hall–Kier alpha value is -0.770. The predicted octanol–water partition coefficient (Wildman–Crippen LogP) is 2.58. The first-order valence-corrected chi connectivity index (χ1v) is 7.58. The van der Waals surface area contributed by atoms with Crippen molar-refractivity contribution in [3.8, 4) is 0 Å². The topological polar surface area (TPSA) is 41.3 Å². The summed E-state index contributed by atoms with van der Waals surface area (Å²) in [5, 5.41) is 3.46. The SMILES string of the molecule is CN(CCCl)c1ccc(CNCCCCCN)cc1. The number of nitrogens with one attached hydrogen (secondary N) is 1. The highest BCUT2D eigenvalue weighted by Gasteiger charge is 1.99. The number of alkyl halides is 1. The first-order valence-electron chi connectivity index (χ1n) is 7.04. The smallest absolute Gasteiger partial charge is 0.0399 e. The van der Waals surface area contributed by atoms with Crippen molar-refractivity contribution >= 4 is 17.3 Å². The summed E-state index contributed by atoms with van der Waals surface area (Å²) in [5.41, 5.74) is 8.00. The summed E-state index contributed by atoms with van der Waals surface area (Å²) in [5.74, 6) is 0.655. The van der Waals surface area contributed by atoms with Gasteiger partial charge in [0.05, 0.1) is 0 Å². The van der Waals surface area contributed by atoms with Crippen molar-refractivity contribution in [3.05, 3.63) is 29.8 Å². The summed E-state index contributed by atoms with van der Waals surface area (Å²) < 4.78 is 0. The van der Waals surface area contributed by atoms with Crippen molar-refractivity contribution in [2.24, 2.45) is 5.73 Å². The first kappa shape index (κ1) is 16.3. The summed E-state index contributed by atoms with van der Waals surface area (Å²) in [6.07, 6.45) is 3.54. The predicted molar refractivity (Wildman–Crippen MR) is 85.0 cm³/mol. The minimum Gasteiger partial charge on any atom is -0.373 e. The second-order valence-corrected chi connectivity index (χ2v) is 5.18. The van der Waals surface area contributed by atoms with E-state index in [0.717, 1.165) is 32.6 Å². The molecule has 0 radical (unpaired) electrons. The standard InChI is InChI=1S/C15H26ClN3/c1-19(12-9-16)15-7-5-14(6-8-15)13-18-11-4-2-3-10-17/h5-8,18H,2-4,9-13,17H2,1H3. The van der Waals surface area contributed by atoms with Crippen LogP contribution in [0.15, 0.2) is 24.3 Å². The minimum atomic E-state index is 0.655. The molecule has 3 nitrogen and oxygen atoms in total. The second kappa shape index (κ2) is 10.1. The van der Waals surface area contributed by atoms with Gasteiger partial charge < -0.3 is 16.0 Å². The van der Waals surface area contributed by atoms with E-state index in [1.54, 1.807) is 0 Å². The number of unbranched alkanes of at least 4 members (excludes halogenated alkanes) is 2. The van der Waals surface area contributed by atoms with Crippen LogP contribution in [0.1, 0.15) is 24.8 Å². The quantitative estimate of drug-likeness (QED) is 0.512. The molecule has 0 spiro atoms. The number of nitrogens with zero attached hydrogens (tertiary/aromatic N) is 1. The van der Waals surface area contributed by atoms with Gasteiger partial charge in [-0.1, -0.05) is 18.6 Å². The fourth-order valence-corrected chi connectivity index (χ4v) is 2.18. The Morgan fingerprint density at radius 3 is 2.53 bits per heavy atom. The fraction of sp³-hybridized carbons (Fsp3) is 0.600. The number of halogens is 1. The molecule has 0 unspecified atom stereocenters. The summed E-state index contributed by atoms with van der Waals surface area (Å²) in [4.78, 5) is 2.16. The van der Waals surface area contributed by atoms with E-state index in [1.807, 2.05) is 0 Å². The Morgan fingerprint density at radius 1 is 1.16 bits per heavy atom. The van der Waals surface area contributed by atoms with Crippen LogP contribution in [0.3, 0.4) is 0 Å². The molecule has 0 saturated heterocycles. The van der Waals surface area contributed by atoms with Crippen LogP contribution < -0.4 is 16.0 Å². The molecule has 0 heterocycles. The number of nitrogens with two attached hydrogens (primary N) is 1. The number of benzene rings is 1. The third-order valence-electron chi connectivity index (χ3n) is 3.18. The molecule has 0 atom stereocenters. The van der Waals surface area contributed by atoms with Crippen LogP contribution in [0, 0.1) is 0 Å². The van der Waals surface area contributed by atoms with E-state index in [0.29, 0.717) is 5.88 Å². The van der Waals surface area contributed by atoms with Crippen LogP contribution in [-0.2, 0) is 6.54 Å². The van der Waals surface area contributed by atoms with Gasteiger partial charge in [0.2, 0.25) is 0 Å². The van der Waals surface area contributed by atoms with Crippen LogP contribution in [-0.4, -0.2) is 32.6 Å². The third-order valence-corrected chi connectivity index (χ3v) is 3.35. The Kier molecular flexibility index (Phi) is 8.63. The monoisotopic (exact) mass is 283 g/mol. The van der Waals surface area contributed by atoms with Crippen molar-refractivity contribution in [2.45, 2.75) is 25.8 Å². The lowest BCUT2D eigenvalue weighted by molar-refractivity contribution is 0.606. The van der Waals surface area contributed by atoms with E-state index in [9.17, 15) is 0 Å². The maximum absolute atomic E-state index is 5.74. The highest BCUT2D eigenvalue weighted by Crippen LogP contribution is 2.13. The highest BCUT2D eigenvalue weighted by molar-refractivity contribution is 6.18. The molecule has 1 aromatic rings. The molecule has 1 aromatic carbocycles. The average molecular weight is 284 g/mol. The lowest BCUT2D eigenvalue weighted by Gasteiger charge is -2.18. The molecule has 1 rings (SSSR count). The van der Waals surface area contributed by atoms with Gasteiger partial charge in [-0.05, 0) is 43.6 Å². The van der Waals surface area contributed by atoms with Crippen molar-refractivity contribution in [1.29, 1.82) is 0 Å². The normalized spacial score (nSPS) is 10.7. The second-order valence-electron chi connectivity index (χ2n) is 4.80. The third kappa shape index (κ3) is 6.81. The molecule has 4 heteroatoms. The number of hydrogen-bond acceptors (Lipinski definition) is 3. The molecule has 19 heavy (non-hydrogen) atoms.